The van der Waals surface area contributed by atoms with Gasteiger partial charge in [-0.05, 0) is 24.1 Å². The summed E-state index contributed by atoms with van der Waals surface area (Å²) in [6.07, 6.45) is 3.91. The van der Waals surface area contributed by atoms with Crippen LogP contribution >= 0.6 is 0 Å². The zero-order valence-electron chi connectivity index (χ0n) is 14.9. The smallest absolute Gasteiger partial charge is 0.161 e. The minimum absolute atomic E-state index is 0.648. The van der Waals surface area contributed by atoms with Gasteiger partial charge in [0.1, 0.15) is 18.0 Å². The Morgan fingerprint density at radius 1 is 1.08 bits per heavy atom. The van der Waals surface area contributed by atoms with Crippen LogP contribution < -0.4 is 19.7 Å². The molecule has 2 aromatic rings. The van der Waals surface area contributed by atoms with Crippen molar-refractivity contribution in [1.29, 1.82) is 0 Å². The molecule has 130 valence electrons. The van der Waals surface area contributed by atoms with Gasteiger partial charge in [-0.15, -0.1) is 0 Å². The van der Waals surface area contributed by atoms with Crippen LogP contribution in [0.5, 0.6) is 11.5 Å². The third kappa shape index (κ3) is 4.75. The number of benzene rings is 1. The Bertz CT molecular complexity index is 649. The van der Waals surface area contributed by atoms with E-state index in [1.807, 2.05) is 24.3 Å². The van der Waals surface area contributed by atoms with Gasteiger partial charge in [-0.25, -0.2) is 9.97 Å². The zero-order chi connectivity index (χ0) is 17.4. The monoisotopic (exact) mass is 330 g/mol. The predicted octanol–water partition coefficient (Wildman–Crippen LogP) is 3.34. The maximum atomic E-state index is 5.33. The summed E-state index contributed by atoms with van der Waals surface area (Å²) in [5.74, 6) is 3.17. The predicted molar refractivity (Wildman–Crippen MR) is 97.1 cm³/mol. The molecule has 1 N–H and O–H groups in total. The normalized spacial score (nSPS) is 10.3. The summed E-state index contributed by atoms with van der Waals surface area (Å²) in [6.45, 7) is 3.82. The minimum atomic E-state index is 0.648. The van der Waals surface area contributed by atoms with Gasteiger partial charge in [0.15, 0.2) is 11.5 Å². The zero-order valence-corrected chi connectivity index (χ0v) is 14.9. The van der Waals surface area contributed by atoms with Gasteiger partial charge in [-0.2, -0.15) is 0 Å². The molecule has 2 rings (SSSR count). The molecule has 0 saturated heterocycles. The van der Waals surface area contributed by atoms with Crippen LogP contribution in [-0.2, 0) is 6.54 Å². The average Bonchev–Trinajstić information content (AvgIpc) is 2.64. The van der Waals surface area contributed by atoms with Crippen LogP contribution in [0.1, 0.15) is 25.3 Å². The fraction of sp³-hybridized carbons (Fsp3) is 0.444. The molecule has 6 heteroatoms. The number of nitrogens with zero attached hydrogens (tertiary/aromatic N) is 3. The summed E-state index contributed by atoms with van der Waals surface area (Å²) in [5.41, 5.74) is 1.09. The van der Waals surface area contributed by atoms with E-state index < -0.39 is 0 Å². The SMILES string of the molecule is CCCCN(C)c1cc(NCc2ccc(OC)c(OC)c2)ncn1. The Morgan fingerprint density at radius 2 is 1.88 bits per heavy atom. The van der Waals surface area contributed by atoms with Crippen molar-refractivity contribution in [1.82, 2.24) is 9.97 Å². The standard InChI is InChI=1S/C18H26N4O2/c1-5-6-9-22(2)18-11-17(20-13-21-18)19-12-14-7-8-15(23-3)16(10-14)24-4/h7-8,10-11,13H,5-6,9,12H2,1-4H3,(H,19,20,21). The average molecular weight is 330 g/mol. The Morgan fingerprint density at radius 3 is 2.58 bits per heavy atom. The van der Waals surface area contributed by atoms with Crippen LogP contribution in [0.15, 0.2) is 30.6 Å². The van der Waals surface area contributed by atoms with Crippen molar-refractivity contribution in [2.75, 3.05) is 38.0 Å². The maximum Gasteiger partial charge on any atom is 0.161 e. The van der Waals surface area contributed by atoms with Gasteiger partial charge in [-0.1, -0.05) is 19.4 Å². The number of hydrogen-bond donors (Lipinski definition) is 1. The summed E-state index contributed by atoms with van der Waals surface area (Å²) in [6, 6.07) is 7.83. The second-order valence-electron chi connectivity index (χ2n) is 5.58. The van der Waals surface area contributed by atoms with E-state index in [-0.39, 0.29) is 0 Å². The lowest BCUT2D eigenvalue weighted by molar-refractivity contribution is 0.354. The third-order valence-electron chi connectivity index (χ3n) is 3.81. The molecule has 1 aromatic carbocycles. The van der Waals surface area contributed by atoms with Gasteiger partial charge in [-0.3, -0.25) is 0 Å². The molecule has 0 amide bonds. The number of hydrogen-bond acceptors (Lipinski definition) is 6. The molecule has 1 aromatic heterocycles. The van der Waals surface area contributed by atoms with Crippen molar-refractivity contribution < 1.29 is 9.47 Å². The molecular weight excluding hydrogens is 304 g/mol. The highest BCUT2D eigenvalue weighted by Gasteiger charge is 2.06. The molecule has 0 aliphatic heterocycles. The topological polar surface area (TPSA) is 59.5 Å². The molecular formula is C18H26N4O2. The number of ether oxygens (including phenoxy) is 2. The van der Waals surface area contributed by atoms with Crippen LogP contribution in [0.25, 0.3) is 0 Å². The Labute approximate surface area is 143 Å². The number of aromatic nitrogens is 2. The van der Waals surface area contributed by atoms with E-state index in [2.05, 4.69) is 34.2 Å². The molecule has 0 bridgehead atoms. The van der Waals surface area contributed by atoms with E-state index in [1.165, 1.54) is 6.42 Å². The second kappa shape index (κ2) is 8.96. The fourth-order valence-electron chi connectivity index (χ4n) is 2.35. The van der Waals surface area contributed by atoms with Crippen LogP contribution in [-0.4, -0.2) is 37.8 Å². The molecule has 0 aliphatic carbocycles. The molecule has 6 nitrogen and oxygen atoms in total. The van der Waals surface area contributed by atoms with Crippen LogP contribution in [0.4, 0.5) is 11.6 Å². The molecule has 0 atom stereocenters. The molecule has 0 saturated carbocycles. The van der Waals surface area contributed by atoms with Gasteiger partial charge in [0, 0.05) is 26.2 Å². The van der Waals surface area contributed by atoms with Crippen molar-refractivity contribution in [3.8, 4) is 11.5 Å². The third-order valence-corrected chi connectivity index (χ3v) is 3.81. The first kappa shape index (κ1) is 17.8. The molecule has 0 radical (unpaired) electrons. The van der Waals surface area contributed by atoms with Gasteiger partial charge in [0.05, 0.1) is 14.2 Å². The number of anilines is 2. The number of unbranched alkanes of at least 4 members (excludes halogenated alkanes) is 1. The van der Waals surface area contributed by atoms with Crippen LogP contribution in [0.3, 0.4) is 0 Å². The lowest BCUT2D eigenvalue weighted by atomic mass is 10.2. The highest BCUT2D eigenvalue weighted by molar-refractivity contribution is 5.49. The van der Waals surface area contributed by atoms with E-state index in [1.54, 1.807) is 20.5 Å². The Kier molecular flexibility index (Phi) is 6.66. The maximum absolute atomic E-state index is 5.33. The molecule has 24 heavy (non-hydrogen) atoms. The van der Waals surface area contributed by atoms with Crippen molar-refractivity contribution >= 4 is 11.6 Å². The lowest BCUT2D eigenvalue weighted by Crippen LogP contribution is -2.19. The van der Waals surface area contributed by atoms with E-state index >= 15 is 0 Å². The molecule has 1 heterocycles. The Balaban J connectivity index is 2.01. The van der Waals surface area contributed by atoms with E-state index in [0.29, 0.717) is 6.54 Å². The summed E-state index contributed by atoms with van der Waals surface area (Å²) in [7, 11) is 5.32. The first-order valence-electron chi connectivity index (χ1n) is 8.16. The molecule has 0 aliphatic rings. The first-order chi connectivity index (χ1) is 11.7. The minimum Gasteiger partial charge on any atom is -0.493 e. The summed E-state index contributed by atoms with van der Waals surface area (Å²) in [4.78, 5) is 10.8. The summed E-state index contributed by atoms with van der Waals surface area (Å²) < 4.78 is 10.6. The van der Waals surface area contributed by atoms with E-state index in [4.69, 9.17) is 9.47 Å². The highest BCUT2D eigenvalue weighted by atomic mass is 16.5. The van der Waals surface area contributed by atoms with Gasteiger partial charge < -0.3 is 19.7 Å². The Hall–Kier alpha value is -2.50. The van der Waals surface area contributed by atoms with Crippen molar-refractivity contribution in [3.63, 3.8) is 0 Å². The number of methoxy groups -OCH3 is 2. The van der Waals surface area contributed by atoms with E-state index in [9.17, 15) is 0 Å². The van der Waals surface area contributed by atoms with Crippen LogP contribution in [0, 0.1) is 0 Å². The lowest BCUT2D eigenvalue weighted by Gasteiger charge is -2.18. The van der Waals surface area contributed by atoms with Gasteiger partial charge >= 0.3 is 0 Å². The molecule has 0 spiro atoms. The number of rotatable bonds is 9. The summed E-state index contributed by atoms with van der Waals surface area (Å²) in [5, 5.41) is 3.33. The summed E-state index contributed by atoms with van der Waals surface area (Å²) >= 11 is 0. The molecule has 0 unspecified atom stereocenters. The molecule has 0 fully saturated rings. The quantitative estimate of drug-likeness (QED) is 0.761. The fourth-order valence-corrected chi connectivity index (χ4v) is 2.35. The highest BCUT2D eigenvalue weighted by Crippen LogP contribution is 2.27. The second-order valence-corrected chi connectivity index (χ2v) is 5.58. The van der Waals surface area contributed by atoms with E-state index in [0.717, 1.165) is 41.7 Å². The van der Waals surface area contributed by atoms with Crippen molar-refractivity contribution in [3.05, 3.63) is 36.2 Å². The van der Waals surface area contributed by atoms with Crippen molar-refractivity contribution in [2.45, 2.75) is 26.3 Å². The van der Waals surface area contributed by atoms with Crippen LogP contribution in [0.2, 0.25) is 0 Å². The first-order valence-corrected chi connectivity index (χ1v) is 8.16. The van der Waals surface area contributed by atoms with Gasteiger partial charge in [0.2, 0.25) is 0 Å². The largest absolute Gasteiger partial charge is 0.493 e. The van der Waals surface area contributed by atoms with Gasteiger partial charge in [0.25, 0.3) is 0 Å². The number of nitrogens with one attached hydrogen (secondary N) is 1. The van der Waals surface area contributed by atoms with Crippen molar-refractivity contribution in [2.24, 2.45) is 0 Å².